The van der Waals surface area contributed by atoms with Crippen molar-refractivity contribution in [1.29, 1.82) is 0 Å². The summed E-state index contributed by atoms with van der Waals surface area (Å²) < 4.78 is 14.6. The summed E-state index contributed by atoms with van der Waals surface area (Å²) in [5.41, 5.74) is 1.47. The minimum absolute atomic E-state index is 0.0279. The minimum Gasteiger partial charge on any atom is -0.313 e. The van der Waals surface area contributed by atoms with Gasteiger partial charge in [0.25, 0.3) is 0 Å². The molecule has 0 N–H and O–H groups in total. The van der Waals surface area contributed by atoms with Gasteiger partial charge in [0.15, 0.2) is 12.9 Å². The largest absolute Gasteiger partial charge is 0.313 e. The van der Waals surface area contributed by atoms with Crippen molar-refractivity contribution in [3.8, 4) is 0 Å². The Morgan fingerprint density at radius 3 is 1.88 bits per heavy atom. The lowest BCUT2D eigenvalue weighted by atomic mass is 10.1. The first-order valence-electron chi connectivity index (χ1n) is 8.70. The van der Waals surface area contributed by atoms with Crippen molar-refractivity contribution in [3.05, 3.63) is 108 Å². The fourth-order valence-electron chi connectivity index (χ4n) is 3.65. The predicted octanol–water partition coefficient (Wildman–Crippen LogP) is 5.43. The summed E-state index contributed by atoms with van der Waals surface area (Å²) in [6.45, 7) is 0. The van der Waals surface area contributed by atoms with Crippen LogP contribution in [0.1, 0.15) is 23.2 Å². The summed E-state index contributed by atoms with van der Waals surface area (Å²) in [4.78, 5) is 12.6. The van der Waals surface area contributed by atoms with Crippen LogP contribution in [-0.4, -0.2) is 5.78 Å². The topological polar surface area (TPSA) is 34.1 Å². The van der Waals surface area contributed by atoms with Gasteiger partial charge in [0.05, 0.1) is 5.66 Å². The lowest BCUT2D eigenvalue weighted by molar-refractivity contribution is -0.114. The Hall–Kier alpha value is -2.70. The van der Waals surface area contributed by atoms with Crippen molar-refractivity contribution in [2.45, 2.75) is 12.1 Å². The van der Waals surface area contributed by atoms with Gasteiger partial charge >= 0.3 is 0 Å². The zero-order valence-corrected chi connectivity index (χ0v) is 15.2. The molecule has 0 spiro atoms. The van der Waals surface area contributed by atoms with Crippen molar-refractivity contribution in [2.24, 2.45) is 0 Å². The van der Waals surface area contributed by atoms with Crippen molar-refractivity contribution in [1.82, 2.24) is 0 Å². The first-order chi connectivity index (χ1) is 12.7. The second-order valence-electron chi connectivity index (χ2n) is 6.49. The monoisotopic (exact) mass is 358 g/mol. The maximum Gasteiger partial charge on any atom is 0.157 e. The van der Waals surface area contributed by atoms with E-state index in [1.165, 1.54) is 0 Å². The van der Waals surface area contributed by atoms with Gasteiger partial charge in [-0.15, -0.1) is 0 Å². The SMILES string of the molecule is O=C1C=C(c2ccccc2)P(=O)(c2ccccc2)C(c2ccccc2)C1. The Morgan fingerprint density at radius 2 is 1.27 bits per heavy atom. The van der Waals surface area contributed by atoms with Gasteiger partial charge in [0, 0.05) is 17.0 Å². The number of benzene rings is 3. The van der Waals surface area contributed by atoms with Crippen molar-refractivity contribution in [3.63, 3.8) is 0 Å². The zero-order chi connectivity index (χ0) is 18.0. The molecule has 1 aliphatic rings. The predicted molar refractivity (Wildman–Crippen MR) is 107 cm³/mol. The molecule has 128 valence electrons. The molecule has 2 unspecified atom stereocenters. The Balaban J connectivity index is 1.98. The highest BCUT2D eigenvalue weighted by Gasteiger charge is 2.43. The first-order valence-corrected chi connectivity index (χ1v) is 10.5. The average molecular weight is 358 g/mol. The molecule has 3 aromatic rings. The molecule has 0 aromatic heterocycles. The smallest absolute Gasteiger partial charge is 0.157 e. The molecule has 3 heteroatoms. The van der Waals surface area contributed by atoms with Crippen molar-refractivity contribution < 1.29 is 9.36 Å². The third kappa shape index (κ3) is 2.87. The fraction of sp³-hybridized carbons (Fsp3) is 0.0870. The average Bonchev–Trinajstić information content (AvgIpc) is 2.71. The number of allylic oxidation sites excluding steroid dienone is 1. The summed E-state index contributed by atoms with van der Waals surface area (Å²) in [7, 11) is -3.03. The third-order valence-corrected chi connectivity index (χ3v) is 8.41. The van der Waals surface area contributed by atoms with Crippen LogP contribution in [0.2, 0.25) is 0 Å². The van der Waals surface area contributed by atoms with E-state index < -0.39 is 7.14 Å². The zero-order valence-electron chi connectivity index (χ0n) is 14.3. The highest BCUT2D eigenvalue weighted by molar-refractivity contribution is 7.81. The van der Waals surface area contributed by atoms with E-state index in [0.717, 1.165) is 16.4 Å². The van der Waals surface area contributed by atoms with Gasteiger partial charge in [-0.05, 0) is 17.2 Å². The molecule has 0 fully saturated rings. The number of carbonyl (C=O) groups is 1. The number of rotatable bonds is 3. The number of ketones is 1. The van der Waals surface area contributed by atoms with Gasteiger partial charge in [0.2, 0.25) is 0 Å². The fourth-order valence-corrected chi connectivity index (χ4v) is 7.14. The molecule has 0 radical (unpaired) electrons. The van der Waals surface area contributed by atoms with E-state index >= 15 is 0 Å². The molecular formula is C23H19O2P. The van der Waals surface area contributed by atoms with Crippen LogP contribution >= 0.6 is 7.14 Å². The standard InChI is InChI=1S/C23H19O2P/c24-20-16-22(18-10-4-1-5-11-18)26(25,21-14-8-3-9-15-21)23(17-20)19-12-6-2-7-13-19/h1-16,23H,17H2. The van der Waals surface area contributed by atoms with Gasteiger partial charge in [-0.25, -0.2) is 0 Å². The maximum absolute atomic E-state index is 14.6. The summed E-state index contributed by atoms with van der Waals surface area (Å²) in [6.07, 6.45) is 1.87. The molecule has 3 aromatic carbocycles. The van der Waals surface area contributed by atoms with Crippen LogP contribution < -0.4 is 5.30 Å². The summed E-state index contributed by atoms with van der Waals surface area (Å²) in [5.74, 6) is 0.0279. The number of hydrogen-bond donors (Lipinski definition) is 0. The van der Waals surface area contributed by atoms with Gasteiger partial charge < -0.3 is 4.57 Å². The molecule has 0 aliphatic carbocycles. The van der Waals surface area contributed by atoms with Gasteiger partial charge in [-0.1, -0.05) is 91.0 Å². The Morgan fingerprint density at radius 1 is 0.731 bits per heavy atom. The van der Waals surface area contributed by atoms with Gasteiger partial charge in [-0.2, -0.15) is 0 Å². The molecule has 0 amide bonds. The van der Waals surface area contributed by atoms with E-state index in [9.17, 15) is 9.36 Å². The molecule has 0 saturated heterocycles. The van der Waals surface area contributed by atoms with E-state index in [0.29, 0.717) is 5.31 Å². The lowest BCUT2D eigenvalue weighted by Crippen LogP contribution is -2.20. The van der Waals surface area contributed by atoms with Crippen LogP contribution in [0.4, 0.5) is 0 Å². The van der Waals surface area contributed by atoms with E-state index in [-0.39, 0.29) is 17.9 Å². The Bertz CT molecular complexity index is 992. The van der Waals surface area contributed by atoms with Gasteiger partial charge in [-0.3, -0.25) is 4.79 Å². The second-order valence-corrected chi connectivity index (χ2v) is 9.42. The quantitative estimate of drug-likeness (QED) is 0.585. The maximum atomic E-state index is 14.6. The normalized spacial score (nSPS) is 22.7. The molecule has 1 heterocycles. The molecule has 0 bridgehead atoms. The second kappa shape index (κ2) is 6.90. The van der Waals surface area contributed by atoms with Gasteiger partial charge in [0.1, 0.15) is 0 Å². The summed E-state index contributed by atoms with van der Waals surface area (Å²) >= 11 is 0. The molecule has 2 nitrogen and oxygen atoms in total. The van der Waals surface area contributed by atoms with Crippen molar-refractivity contribution >= 4 is 23.5 Å². The van der Waals surface area contributed by atoms with Crippen LogP contribution in [0, 0.1) is 0 Å². The van der Waals surface area contributed by atoms with E-state index in [4.69, 9.17) is 0 Å². The molecule has 26 heavy (non-hydrogen) atoms. The molecule has 0 saturated carbocycles. The Labute approximate surface area is 153 Å². The minimum atomic E-state index is -3.03. The molecule has 1 aliphatic heterocycles. The first kappa shape index (κ1) is 16.8. The summed E-state index contributed by atoms with van der Waals surface area (Å²) in [5, 5.41) is 1.46. The third-order valence-electron chi connectivity index (χ3n) is 4.88. The van der Waals surface area contributed by atoms with E-state index in [1.807, 2.05) is 91.0 Å². The number of hydrogen-bond acceptors (Lipinski definition) is 2. The van der Waals surface area contributed by atoms with Crippen LogP contribution in [-0.2, 0) is 9.36 Å². The molecule has 2 atom stereocenters. The van der Waals surface area contributed by atoms with E-state index in [2.05, 4.69) is 0 Å². The highest BCUT2D eigenvalue weighted by atomic mass is 31.2. The molecule has 4 rings (SSSR count). The lowest BCUT2D eigenvalue weighted by Gasteiger charge is -2.33. The summed E-state index contributed by atoms with van der Waals surface area (Å²) in [6, 6.07) is 29.0. The molecular weight excluding hydrogens is 339 g/mol. The van der Waals surface area contributed by atoms with Crippen LogP contribution in [0.25, 0.3) is 5.31 Å². The van der Waals surface area contributed by atoms with E-state index in [1.54, 1.807) is 6.08 Å². The van der Waals surface area contributed by atoms with Crippen LogP contribution in [0.15, 0.2) is 97.1 Å². The number of carbonyl (C=O) groups excluding carboxylic acids is 1. The van der Waals surface area contributed by atoms with Crippen LogP contribution in [0.5, 0.6) is 0 Å². The van der Waals surface area contributed by atoms with Crippen molar-refractivity contribution in [2.75, 3.05) is 0 Å². The Kier molecular flexibility index (Phi) is 4.44. The highest BCUT2D eigenvalue weighted by Crippen LogP contribution is 2.70. The van der Waals surface area contributed by atoms with Crippen LogP contribution in [0.3, 0.4) is 0 Å².